The summed E-state index contributed by atoms with van der Waals surface area (Å²) in [5, 5.41) is 3.69. The fourth-order valence-electron chi connectivity index (χ4n) is 2.25. The van der Waals surface area contributed by atoms with Crippen LogP contribution in [0.1, 0.15) is 41.9 Å². The molecule has 1 aromatic heterocycles. The highest BCUT2D eigenvalue weighted by Crippen LogP contribution is 2.19. The van der Waals surface area contributed by atoms with E-state index in [0.29, 0.717) is 10.7 Å². The fraction of sp³-hybridized carbons (Fsp3) is 0.353. The van der Waals surface area contributed by atoms with Crippen molar-refractivity contribution in [2.75, 3.05) is 11.6 Å². The molecular formula is C17H21N3OS. The van der Waals surface area contributed by atoms with Gasteiger partial charge in [-0.1, -0.05) is 50.2 Å². The smallest absolute Gasteiger partial charge is 0.259 e. The van der Waals surface area contributed by atoms with Gasteiger partial charge in [0.1, 0.15) is 0 Å². The van der Waals surface area contributed by atoms with E-state index in [2.05, 4.69) is 29.1 Å². The number of para-hydroxylation sites is 1. The zero-order valence-electron chi connectivity index (χ0n) is 13.2. The second-order valence-electron chi connectivity index (χ2n) is 4.93. The first-order valence-electron chi connectivity index (χ1n) is 7.48. The number of hydrogen-bond donors (Lipinski definition) is 1. The van der Waals surface area contributed by atoms with Crippen molar-refractivity contribution in [1.29, 1.82) is 0 Å². The SMILES string of the molecule is CCCc1nc(SC)ncc1C(=O)Nc1ccccc1CC. The van der Waals surface area contributed by atoms with Crippen LogP contribution in [0.4, 0.5) is 5.69 Å². The molecule has 0 bridgehead atoms. The highest BCUT2D eigenvalue weighted by molar-refractivity contribution is 7.98. The first kappa shape index (κ1) is 16.5. The van der Waals surface area contributed by atoms with Gasteiger partial charge in [-0.05, 0) is 30.7 Å². The lowest BCUT2D eigenvalue weighted by molar-refractivity contribution is 0.102. The van der Waals surface area contributed by atoms with Gasteiger partial charge in [-0.25, -0.2) is 9.97 Å². The van der Waals surface area contributed by atoms with Gasteiger partial charge < -0.3 is 5.32 Å². The molecule has 1 N–H and O–H groups in total. The molecular weight excluding hydrogens is 294 g/mol. The van der Waals surface area contributed by atoms with Gasteiger partial charge in [0, 0.05) is 11.9 Å². The van der Waals surface area contributed by atoms with Gasteiger partial charge in [-0.2, -0.15) is 0 Å². The van der Waals surface area contributed by atoms with Gasteiger partial charge in [-0.3, -0.25) is 4.79 Å². The maximum absolute atomic E-state index is 12.6. The molecule has 1 aromatic carbocycles. The van der Waals surface area contributed by atoms with Crippen molar-refractivity contribution >= 4 is 23.4 Å². The molecule has 116 valence electrons. The van der Waals surface area contributed by atoms with E-state index in [1.165, 1.54) is 11.8 Å². The number of carbonyl (C=O) groups excluding carboxylic acids is 1. The van der Waals surface area contributed by atoms with E-state index in [4.69, 9.17) is 0 Å². The summed E-state index contributed by atoms with van der Waals surface area (Å²) in [5.74, 6) is -0.142. The average molecular weight is 315 g/mol. The number of carbonyl (C=O) groups is 1. The number of nitrogens with zero attached hydrogens (tertiary/aromatic N) is 2. The predicted molar refractivity (Wildman–Crippen MR) is 91.6 cm³/mol. The maximum Gasteiger partial charge on any atom is 0.259 e. The Morgan fingerprint density at radius 2 is 2.05 bits per heavy atom. The molecule has 0 fully saturated rings. The molecule has 1 heterocycles. The second kappa shape index (κ2) is 7.94. The minimum Gasteiger partial charge on any atom is -0.322 e. The van der Waals surface area contributed by atoms with Gasteiger partial charge in [0.25, 0.3) is 5.91 Å². The number of aryl methyl sites for hydroxylation is 2. The van der Waals surface area contributed by atoms with Crippen LogP contribution in [0.5, 0.6) is 0 Å². The first-order chi connectivity index (χ1) is 10.7. The van der Waals surface area contributed by atoms with Crippen molar-refractivity contribution < 1.29 is 4.79 Å². The van der Waals surface area contributed by atoms with Crippen LogP contribution in [-0.2, 0) is 12.8 Å². The Labute approximate surface area is 135 Å². The summed E-state index contributed by atoms with van der Waals surface area (Å²) in [4.78, 5) is 21.3. The third-order valence-electron chi connectivity index (χ3n) is 3.41. The molecule has 0 aliphatic carbocycles. The van der Waals surface area contributed by atoms with Crippen LogP contribution in [0.3, 0.4) is 0 Å². The van der Waals surface area contributed by atoms with Crippen LogP contribution in [0.15, 0.2) is 35.6 Å². The number of nitrogens with one attached hydrogen (secondary N) is 1. The number of hydrogen-bond acceptors (Lipinski definition) is 4. The monoisotopic (exact) mass is 315 g/mol. The van der Waals surface area contributed by atoms with Crippen LogP contribution < -0.4 is 5.32 Å². The molecule has 2 rings (SSSR count). The van der Waals surface area contributed by atoms with Crippen LogP contribution in [0, 0.1) is 0 Å². The summed E-state index contributed by atoms with van der Waals surface area (Å²) in [6.45, 7) is 4.15. The summed E-state index contributed by atoms with van der Waals surface area (Å²) in [5.41, 5.74) is 3.35. The van der Waals surface area contributed by atoms with E-state index in [9.17, 15) is 4.79 Å². The van der Waals surface area contributed by atoms with E-state index in [1.807, 2.05) is 30.5 Å². The van der Waals surface area contributed by atoms with Gasteiger partial charge >= 0.3 is 0 Å². The number of thioether (sulfide) groups is 1. The topological polar surface area (TPSA) is 54.9 Å². The molecule has 0 aliphatic heterocycles. The highest BCUT2D eigenvalue weighted by Gasteiger charge is 2.15. The molecule has 0 atom stereocenters. The molecule has 0 radical (unpaired) electrons. The normalized spacial score (nSPS) is 10.5. The third-order valence-corrected chi connectivity index (χ3v) is 3.97. The number of aromatic nitrogens is 2. The van der Waals surface area contributed by atoms with E-state index < -0.39 is 0 Å². The Balaban J connectivity index is 2.29. The van der Waals surface area contributed by atoms with E-state index in [-0.39, 0.29) is 5.91 Å². The first-order valence-corrected chi connectivity index (χ1v) is 8.71. The molecule has 22 heavy (non-hydrogen) atoms. The fourth-order valence-corrected chi connectivity index (χ4v) is 2.61. The molecule has 1 amide bonds. The van der Waals surface area contributed by atoms with Gasteiger partial charge in [-0.15, -0.1) is 0 Å². The van der Waals surface area contributed by atoms with E-state index >= 15 is 0 Å². The van der Waals surface area contributed by atoms with E-state index in [1.54, 1.807) is 6.20 Å². The Morgan fingerprint density at radius 3 is 2.73 bits per heavy atom. The lowest BCUT2D eigenvalue weighted by Gasteiger charge is -2.12. The second-order valence-corrected chi connectivity index (χ2v) is 5.71. The summed E-state index contributed by atoms with van der Waals surface area (Å²) in [7, 11) is 0. The maximum atomic E-state index is 12.6. The van der Waals surface area contributed by atoms with Crippen molar-refractivity contribution in [3.8, 4) is 0 Å². The van der Waals surface area contributed by atoms with Gasteiger partial charge in [0.2, 0.25) is 0 Å². The summed E-state index contributed by atoms with van der Waals surface area (Å²) < 4.78 is 0. The molecule has 0 spiro atoms. The molecule has 0 unspecified atom stereocenters. The van der Waals surface area contributed by atoms with Crippen molar-refractivity contribution in [3.05, 3.63) is 47.3 Å². The standard InChI is InChI=1S/C17H21N3OS/c1-4-8-15-13(11-18-17(20-15)22-3)16(21)19-14-10-7-6-9-12(14)5-2/h6-7,9-11H,4-5,8H2,1-3H3,(H,19,21). The van der Waals surface area contributed by atoms with Crippen molar-refractivity contribution in [2.24, 2.45) is 0 Å². The van der Waals surface area contributed by atoms with E-state index in [0.717, 1.165) is 36.2 Å². The highest BCUT2D eigenvalue weighted by atomic mass is 32.2. The van der Waals surface area contributed by atoms with Crippen molar-refractivity contribution in [2.45, 2.75) is 38.3 Å². The summed E-state index contributed by atoms with van der Waals surface area (Å²) in [6.07, 6.45) is 6.15. The summed E-state index contributed by atoms with van der Waals surface area (Å²) >= 11 is 1.49. The zero-order chi connectivity index (χ0) is 15.9. The molecule has 2 aromatic rings. The Morgan fingerprint density at radius 1 is 1.27 bits per heavy atom. The number of rotatable bonds is 6. The Kier molecular flexibility index (Phi) is 5.95. The lowest BCUT2D eigenvalue weighted by Crippen LogP contribution is -2.17. The largest absolute Gasteiger partial charge is 0.322 e. The van der Waals surface area contributed by atoms with Gasteiger partial charge in [0.15, 0.2) is 5.16 Å². The van der Waals surface area contributed by atoms with Crippen molar-refractivity contribution in [3.63, 3.8) is 0 Å². The van der Waals surface area contributed by atoms with Crippen LogP contribution >= 0.6 is 11.8 Å². The molecule has 0 saturated carbocycles. The number of amides is 1. The zero-order valence-corrected chi connectivity index (χ0v) is 14.0. The minimum absolute atomic E-state index is 0.142. The number of benzene rings is 1. The summed E-state index contributed by atoms with van der Waals surface area (Å²) in [6, 6.07) is 7.85. The average Bonchev–Trinajstić information content (AvgIpc) is 2.55. The Bertz CT molecular complexity index is 658. The predicted octanol–water partition coefficient (Wildman–Crippen LogP) is 3.97. The molecule has 0 aliphatic rings. The van der Waals surface area contributed by atoms with Crippen LogP contribution in [0.2, 0.25) is 0 Å². The lowest BCUT2D eigenvalue weighted by atomic mass is 10.1. The molecule has 0 saturated heterocycles. The van der Waals surface area contributed by atoms with Crippen LogP contribution in [-0.4, -0.2) is 22.1 Å². The van der Waals surface area contributed by atoms with Crippen molar-refractivity contribution in [1.82, 2.24) is 9.97 Å². The molecule has 4 nitrogen and oxygen atoms in total. The minimum atomic E-state index is -0.142. The van der Waals surface area contributed by atoms with Crippen LogP contribution in [0.25, 0.3) is 0 Å². The van der Waals surface area contributed by atoms with Gasteiger partial charge in [0.05, 0.1) is 11.3 Å². The quantitative estimate of drug-likeness (QED) is 0.647. The molecule has 5 heteroatoms. The third kappa shape index (κ3) is 3.85. The Hall–Kier alpha value is -1.88. The number of anilines is 1.